The van der Waals surface area contributed by atoms with Gasteiger partial charge in [0, 0.05) is 27.2 Å². The van der Waals surface area contributed by atoms with Crippen molar-refractivity contribution in [2.75, 3.05) is 6.61 Å². The fourth-order valence-electron chi connectivity index (χ4n) is 8.02. The van der Waals surface area contributed by atoms with Gasteiger partial charge in [0.15, 0.2) is 17.8 Å². The van der Waals surface area contributed by atoms with Crippen molar-refractivity contribution in [2.45, 2.75) is 123 Å². The quantitative estimate of drug-likeness (QED) is 0.276. The second kappa shape index (κ2) is 13.9. The molecule has 1 aliphatic heterocycles. The second-order valence-electron chi connectivity index (χ2n) is 14.7. The highest BCUT2D eigenvalue weighted by Gasteiger charge is 2.89. The fourth-order valence-corrected chi connectivity index (χ4v) is 8.02. The van der Waals surface area contributed by atoms with E-state index in [1.807, 2.05) is 0 Å². The smallest absolute Gasteiger partial charge is 0.338 e. The zero-order valence-corrected chi connectivity index (χ0v) is 30.2. The van der Waals surface area contributed by atoms with Gasteiger partial charge in [-0.1, -0.05) is 45.9 Å². The van der Waals surface area contributed by atoms with Crippen LogP contribution in [0.25, 0.3) is 0 Å². The first-order valence-electron chi connectivity index (χ1n) is 16.7. The van der Waals surface area contributed by atoms with E-state index >= 15 is 0 Å². The number of esters is 6. The Kier molecular flexibility index (Phi) is 10.8. The summed E-state index contributed by atoms with van der Waals surface area (Å²) in [5.41, 5.74) is -8.01. The van der Waals surface area contributed by atoms with Crippen molar-refractivity contribution in [2.24, 2.45) is 23.2 Å². The minimum absolute atomic E-state index is 0.0847. The molecule has 1 N–H and O–H groups in total. The van der Waals surface area contributed by atoms with E-state index in [1.54, 1.807) is 59.7 Å². The number of carbonyl (C=O) groups is 6. The zero-order chi connectivity index (χ0) is 37.6. The number of benzene rings is 1. The molecule has 1 heterocycles. The Balaban J connectivity index is 2.19. The van der Waals surface area contributed by atoms with E-state index < -0.39 is 119 Å². The lowest BCUT2D eigenvalue weighted by atomic mass is 9.45. The summed E-state index contributed by atoms with van der Waals surface area (Å²) >= 11 is 0. The lowest BCUT2D eigenvalue weighted by Gasteiger charge is -2.66. The number of hydrogen-bond acceptors (Lipinski definition) is 14. The minimum Gasteiger partial charge on any atom is -0.464 e. The van der Waals surface area contributed by atoms with Crippen LogP contribution in [0.5, 0.6) is 0 Å². The maximum atomic E-state index is 14.0. The molecule has 276 valence electrons. The number of fused-ring (bicyclic) bond motifs is 1. The molecule has 14 heteroatoms. The van der Waals surface area contributed by atoms with Crippen LogP contribution in [0.15, 0.2) is 30.3 Å². The monoisotopic (exact) mass is 704 g/mol. The Morgan fingerprint density at radius 1 is 0.760 bits per heavy atom. The fraction of sp³-hybridized carbons (Fsp3) is 0.667. The van der Waals surface area contributed by atoms with Gasteiger partial charge < -0.3 is 38.3 Å². The van der Waals surface area contributed by atoms with Crippen molar-refractivity contribution in [3.63, 3.8) is 0 Å². The summed E-state index contributed by atoms with van der Waals surface area (Å²) in [6.45, 7) is 13.5. The highest BCUT2D eigenvalue weighted by molar-refractivity contribution is 5.89. The van der Waals surface area contributed by atoms with Crippen molar-refractivity contribution in [3.8, 4) is 0 Å². The van der Waals surface area contributed by atoms with Gasteiger partial charge in [0.1, 0.15) is 30.3 Å². The number of ether oxygens (including phenoxy) is 7. The molecule has 5 unspecified atom stereocenters. The first-order chi connectivity index (χ1) is 23.1. The van der Waals surface area contributed by atoms with E-state index in [0.29, 0.717) is 0 Å². The Hall–Kier alpha value is -4.04. The summed E-state index contributed by atoms with van der Waals surface area (Å²) in [7, 11) is 0. The minimum atomic E-state index is -2.28. The maximum Gasteiger partial charge on any atom is 0.338 e. The van der Waals surface area contributed by atoms with Gasteiger partial charge in [-0.05, 0) is 32.9 Å². The van der Waals surface area contributed by atoms with Crippen LogP contribution in [0.2, 0.25) is 0 Å². The second-order valence-corrected chi connectivity index (χ2v) is 14.7. The van der Waals surface area contributed by atoms with Gasteiger partial charge in [-0.3, -0.25) is 24.0 Å². The molecule has 1 spiro atoms. The SMILES string of the molecule is CC(=O)OC1C(OC(=O)c2ccccc2)[C@]2(COC(=O)C(C)C)C(OC(C)=O)C(OC(=O)C(C)C)C[C@@](C)(O)[C@]23OC(C)(C)[C@H]1C3OC(C)=O. The molecule has 2 aliphatic carbocycles. The molecular formula is C36H48O14. The van der Waals surface area contributed by atoms with Crippen molar-refractivity contribution in [1.29, 1.82) is 0 Å². The number of carbonyl (C=O) groups excluding carboxylic acids is 6. The predicted octanol–water partition coefficient (Wildman–Crippen LogP) is 3.09. The van der Waals surface area contributed by atoms with Crippen LogP contribution in [0.4, 0.5) is 0 Å². The third kappa shape index (κ3) is 6.59. The highest BCUT2D eigenvalue weighted by Crippen LogP contribution is 2.69. The van der Waals surface area contributed by atoms with Crippen molar-refractivity contribution >= 4 is 35.8 Å². The molecule has 3 aliphatic rings. The molecule has 1 saturated heterocycles. The van der Waals surface area contributed by atoms with Crippen LogP contribution in [0.1, 0.15) is 86.0 Å². The van der Waals surface area contributed by atoms with Gasteiger partial charge in [-0.15, -0.1) is 0 Å². The molecule has 2 saturated carbocycles. The van der Waals surface area contributed by atoms with Crippen LogP contribution in [-0.2, 0) is 57.1 Å². The molecule has 9 atom stereocenters. The predicted molar refractivity (Wildman–Crippen MR) is 172 cm³/mol. The average molecular weight is 705 g/mol. The third-order valence-corrected chi connectivity index (χ3v) is 9.84. The van der Waals surface area contributed by atoms with Crippen LogP contribution < -0.4 is 0 Å². The summed E-state index contributed by atoms with van der Waals surface area (Å²) in [6.07, 6.45) is -8.36. The molecular weight excluding hydrogens is 656 g/mol. The molecule has 14 nitrogen and oxygen atoms in total. The van der Waals surface area contributed by atoms with E-state index in [-0.39, 0.29) is 5.56 Å². The summed E-state index contributed by atoms with van der Waals surface area (Å²) < 4.78 is 43.0. The Bertz CT molecular complexity index is 1500. The zero-order valence-electron chi connectivity index (χ0n) is 30.2. The topological polar surface area (TPSA) is 187 Å². The first kappa shape index (κ1) is 38.8. The maximum absolute atomic E-state index is 14.0. The van der Waals surface area contributed by atoms with E-state index in [9.17, 15) is 33.9 Å². The van der Waals surface area contributed by atoms with E-state index in [0.717, 1.165) is 20.8 Å². The van der Waals surface area contributed by atoms with Crippen LogP contribution in [-0.4, -0.2) is 94.9 Å². The van der Waals surface area contributed by atoms with Crippen molar-refractivity contribution in [1.82, 2.24) is 0 Å². The summed E-state index contributed by atoms with van der Waals surface area (Å²) in [4.78, 5) is 79.4. The number of hydrogen-bond donors (Lipinski definition) is 1. The normalized spacial score (nSPS) is 33.9. The average Bonchev–Trinajstić information content (AvgIpc) is 3.20. The molecule has 4 rings (SSSR count). The molecule has 0 radical (unpaired) electrons. The number of rotatable bonds is 10. The van der Waals surface area contributed by atoms with Gasteiger partial charge in [0.2, 0.25) is 0 Å². The molecule has 2 bridgehead atoms. The number of aliphatic hydroxyl groups is 1. The molecule has 1 aromatic carbocycles. The molecule has 0 aromatic heterocycles. The van der Waals surface area contributed by atoms with Crippen LogP contribution >= 0.6 is 0 Å². The van der Waals surface area contributed by atoms with Gasteiger partial charge >= 0.3 is 35.8 Å². The van der Waals surface area contributed by atoms with E-state index in [2.05, 4.69) is 0 Å². The Morgan fingerprint density at radius 3 is 1.82 bits per heavy atom. The lowest BCUT2D eigenvalue weighted by molar-refractivity contribution is -0.363. The first-order valence-corrected chi connectivity index (χ1v) is 16.7. The van der Waals surface area contributed by atoms with Crippen molar-refractivity contribution in [3.05, 3.63) is 35.9 Å². The Morgan fingerprint density at radius 2 is 1.30 bits per heavy atom. The largest absolute Gasteiger partial charge is 0.464 e. The van der Waals surface area contributed by atoms with Gasteiger partial charge in [-0.25, -0.2) is 4.79 Å². The van der Waals surface area contributed by atoms with Gasteiger partial charge in [0.25, 0.3) is 0 Å². The molecule has 50 heavy (non-hydrogen) atoms. The molecule has 0 amide bonds. The lowest BCUT2D eigenvalue weighted by Crippen LogP contribution is -2.85. The summed E-state index contributed by atoms with van der Waals surface area (Å²) in [5, 5.41) is 12.8. The van der Waals surface area contributed by atoms with E-state index in [4.69, 9.17) is 33.2 Å². The summed E-state index contributed by atoms with van der Waals surface area (Å²) in [6, 6.07) is 7.85. The van der Waals surface area contributed by atoms with E-state index in [1.165, 1.54) is 19.1 Å². The summed E-state index contributed by atoms with van der Waals surface area (Å²) in [5.74, 6) is -7.36. The van der Waals surface area contributed by atoms with Gasteiger partial charge in [0.05, 0.1) is 34.5 Å². The molecule has 3 fully saturated rings. The molecule has 1 aromatic rings. The van der Waals surface area contributed by atoms with Gasteiger partial charge in [-0.2, -0.15) is 0 Å². The van der Waals surface area contributed by atoms with Crippen LogP contribution in [0, 0.1) is 23.2 Å². The van der Waals surface area contributed by atoms with Crippen LogP contribution in [0.3, 0.4) is 0 Å². The Labute approximate surface area is 291 Å². The highest BCUT2D eigenvalue weighted by atomic mass is 16.7. The third-order valence-electron chi connectivity index (χ3n) is 9.84. The standard InChI is InChI=1S/C36H48O14/c1-18(2)30(40)44-17-35-27(46-21(6)38)24(48-31(41)19(3)4)16-34(10,43)36(35)28(47-22(7)39)25(33(8,9)50-36)26(45-20(5)37)29(35)49-32(42)23-14-12-11-13-15-23/h11-15,18-19,24-29,43H,16-17H2,1-10H3/t24?,25-,26?,27?,28?,29?,34-,35+,36+/m1/s1. The van der Waals surface area contributed by atoms with Crippen molar-refractivity contribution < 1.29 is 67.0 Å².